The molecule has 2 rings (SSSR count). The zero-order valence-electron chi connectivity index (χ0n) is 13.6. The van der Waals surface area contributed by atoms with Gasteiger partial charge in [-0.3, -0.25) is 0 Å². The largest absolute Gasteiger partial charge is 0.573 e. The van der Waals surface area contributed by atoms with Gasteiger partial charge in [0, 0.05) is 24.3 Å². The molecule has 5 nitrogen and oxygen atoms in total. The number of hydrogen-bond acceptors (Lipinski definition) is 4. The first-order chi connectivity index (χ1) is 12.3. The average Bonchev–Trinajstić information content (AvgIpc) is 2.51. The minimum atomic E-state index is -5.05. The van der Waals surface area contributed by atoms with Crippen LogP contribution in [0.4, 0.5) is 32.0 Å². The molecule has 0 radical (unpaired) electrons. The molecule has 27 heavy (non-hydrogen) atoms. The highest BCUT2D eigenvalue weighted by Crippen LogP contribution is 2.37. The third-order valence-corrected chi connectivity index (χ3v) is 5.80. The summed E-state index contributed by atoms with van der Waals surface area (Å²) in [7, 11) is -4.97. The number of quaternary nitrogens is 1. The molecule has 1 aliphatic rings. The van der Waals surface area contributed by atoms with Crippen molar-refractivity contribution in [2.75, 3.05) is 18.8 Å². The molecular weight excluding hydrogens is 402 g/mol. The van der Waals surface area contributed by atoms with Gasteiger partial charge in [-0.25, -0.2) is 0 Å². The molecule has 1 heterocycles. The van der Waals surface area contributed by atoms with Crippen LogP contribution in [0, 0.1) is 0 Å². The third kappa shape index (κ3) is 5.02. The Kier molecular flexibility index (Phi) is 5.64. The standard InChI is InChI=1S/C15H15F6N2O3S/c16-14(17,18)10-27(24,25)23(6-2-3-11(8-22)9-23)12-4-1-5-13(7-12)26-15(19,20)21/h1-5,7,9H,6,8,10,22H2/q+1. The Morgan fingerprint density at radius 1 is 1.15 bits per heavy atom. The number of ether oxygens (including phenoxy) is 1. The Balaban J connectivity index is 2.64. The first-order valence-corrected chi connectivity index (χ1v) is 9.01. The average molecular weight is 417 g/mol. The normalized spacial score (nSPS) is 21.1. The van der Waals surface area contributed by atoms with E-state index in [1.165, 1.54) is 12.2 Å². The van der Waals surface area contributed by atoms with Crippen LogP contribution in [0.3, 0.4) is 0 Å². The second-order valence-corrected chi connectivity index (χ2v) is 7.78. The molecule has 0 aliphatic carbocycles. The molecule has 0 amide bonds. The Morgan fingerprint density at radius 3 is 2.37 bits per heavy atom. The number of rotatable bonds is 5. The lowest BCUT2D eigenvalue weighted by molar-refractivity contribution is -0.274. The summed E-state index contributed by atoms with van der Waals surface area (Å²) in [4.78, 5) is 0. The van der Waals surface area contributed by atoms with E-state index in [-0.39, 0.29) is 17.8 Å². The van der Waals surface area contributed by atoms with E-state index < -0.39 is 44.5 Å². The van der Waals surface area contributed by atoms with Gasteiger partial charge < -0.3 is 10.5 Å². The first-order valence-electron chi connectivity index (χ1n) is 7.40. The van der Waals surface area contributed by atoms with Gasteiger partial charge in [0.05, 0.1) is 0 Å². The van der Waals surface area contributed by atoms with Crippen LogP contribution in [0.25, 0.3) is 0 Å². The molecule has 1 unspecified atom stereocenters. The van der Waals surface area contributed by atoms with Crippen LogP contribution >= 0.6 is 0 Å². The molecule has 150 valence electrons. The van der Waals surface area contributed by atoms with Crippen LogP contribution < -0.4 is 14.4 Å². The molecule has 0 saturated carbocycles. The van der Waals surface area contributed by atoms with E-state index in [9.17, 15) is 34.8 Å². The summed E-state index contributed by atoms with van der Waals surface area (Å²) in [5, 5.41) is 0. The predicted octanol–water partition coefficient (Wildman–Crippen LogP) is 3.20. The van der Waals surface area contributed by atoms with Crippen LogP contribution in [0.1, 0.15) is 0 Å². The summed E-state index contributed by atoms with van der Waals surface area (Å²) in [6.45, 7) is -0.617. The lowest BCUT2D eigenvalue weighted by Crippen LogP contribution is -2.54. The fourth-order valence-electron chi connectivity index (χ4n) is 2.62. The van der Waals surface area contributed by atoms with Crippen LogP contribution in [0.15, 0.2) is 48.2 Å². The molecule has 1 aromatic rings. The molecule has 1 aliphatic heterocycles. The second-order valence-electron chi connectivity index (χ2n) is 5.68. The van der Waals surface area contributed by atoms with Crippen molar-refractivity contribution in [3.05, 3.63) is 48.2 Å². The fourth-order valence-corrected chi connectivity index (χ4v) is 4.31. The van der Waals surface area contributed by atoms with E-state index in [1.54, 1.807) is 0 Å². The van der Waals surface area contributed by atoms with Crippen molar-refractivity contribution in [2.24, 2.45) is 5.73 Å². The molecule has 0 saturated heterocycles. The van der Waals surface area contributed by atoms with Crippen molar-refractivity contribution in [3.63, 3.8) is 0 Å². The van der Waals surface area contributed by atoms with Crippen LogP contribution in [0.5, 0.6) is 5.75 Å². The zero-order valence-corrected chi connectivity index (χ0v) is 14.4. The van der Waals surface area contributed by atoms with Gasteiger partial charge in [0.1, 0.15) is 18.5 Å². The van der Waals surface area contributed by atoms with Crippen LogP contribution in [-0.4, -0.2) is 39.8 Å². The molecule has 1 aromatic carbocycles. The number of sulfonamides is 1. The maximum atomic E-state index is 12.8. The van der Waals surface area contributed by atoms with E-state index in [2.05, 4.69) is 4.74 Å². The van der Waals surface area contributed by atoms with Gasteiger partial charge in [0.15, 0.2) is 11.4 Å². The number of hydrogen-bond donors (Lipinski definition) is 1. The van der Waals surface area contributed by atoms with Gasteiger partial charge in [-0.1, -0.05) is 12.1 Å². The lowest BCUT2D eigenvalue weighted by Gasteiger charge is -2.34. The van der Waals surface area contributed by atoms with E-state index in [0.717, 1.165) is 30.5 Å². The lowest BCUT2D eigenvalue weighted by atomic mass is 10.2. The SMILES string of the molecule is NCC1=C[N+](c2cccc(OC(F)(F)F)c2)(S(=O)(=O)CC(F)(F)F)CC=C1. The number of alkyl halides is 6. The van der Waals surface area contributed by atoms with Crippen LogP contribution in [0.2, 0.25) is 0 Å². The molecular formula is C15H15F6N2O3S+. The van der Waals surface area contributed by atoms with Crippen molar-refractivity contribution in [1.29, 1.82) is 0 Å². The molecule has 0 fully saturated rings. The maximum Gasteiger partial charge on any atom is 0.573 e. The fraction of sp³-hybridized carbons (Fsp3) is 0.333. The number of nitrogens with zero attached hydrogens (tertiary/aromatic N) is 1. The second kappa shape index (κ2) is 7.17. The predicted molar refractivity (Wildman–Crippen MR) is 85.9 cm³/mol. The van der Waals surface area contributed by atoms with Crippen molar-refractivity contribution < 1.29 is 39.5 Å². The first kappa shape index (κ1) is 21.3. The Hall–Kier alpha value is -2.05. The Bertz CT molecular complexity index is 861. The van der Waals surface area contributed by atoms with E-state index in [0.29, 0.717) is 0 Å². The summed E-state index contributed by atoms with van der Waals surface area (Å²) in [6, 6.07) is 3.83. The molecule has 0 aromatic heterocycles. The zero-order chi connectivity index (χ0) is 20.5. The van der Waals surface area contributed by atoms with Gasteiger partial charge in [0.2, 0.25) is 0 Å². The number of halogens is 6. The highest BCUT2D eigenvalue weighted by molar-refractivity contribution is 7.91. The summed E-state index contributed by atoms with van der Waals surface area (Å²) in [5.74, 6) is -2.91. The van der Waals surface area contributed by atoms with E-state index >= 15 is 0 Å². The Morgan fingerprint density at radius 2 is 1.81 bits per heavy atom. The topological polar surface area (TPSA) is 69.4 Å². The van der Waals surface area contributed by atoms with Crippen molar-refractivity contribution >= 4 is 15.7 Å². The summed E-state index contributed by atoms with van der Waals surface area (Å²) >= 11 is 0. The van der Waals surface area contributed by atoms with E-state index in [1.807, 2.05) is 0 Å². The number of benzene rings is 1. The van der Waals surface area contributed by atoms with Crippen LogP contribution in [-0.2, 0) is 10.0 Å². The number of nitrogens with two attached hydrogens (primary N) is 1. The summed E-state index contributed by atoms with van der Waals surface area (Å²) < 4.78 is 104. The quantitative estimate of drug-likeness (QED) is 0.590. The highest BCUT2D eigenvalue weighted by Gasteiger charge is 2.50. The minimum absolute atomic E-state index is 0.170. The third-order valence-electron chi connectivity index (χ3n) is 3.65. The van der Waals surface area contributed by atoms with Gasteiger partial charge >= 0.3 is 22.6 Å². The maximum absolute atomic E-state index is 12.8. The molecule has 0 bridgehead atoms. The molecule has 0 spiro atoms. The smallest absolute Gasteiger partial charge is 0.406 e. The van der Waals surface area contributed by atoms with Crippen molar-refractivity contribution in [2.45, 2.75) is 12.5 Å². The molecule has 12 heteroatoms. The monoisotopic (exact) mass is 417 g/mol. The minimum Gasteiger partial charge on any atom is -0.406 e. The van der Waals surface area contributed by atoms with Gasteiger partial charge in [0.25, 0.3) is 0 Å². The highest BCUT2D eigenvalue weighted by atomic mass is 32.2. The molecule has 2 N–H and O–H groups in total. The van der Waals surface area contributed by atoms with E-state index in [4.69, 9.17) is 5.73 Å². The Labute approximate surface area is 151 Å². The van der Waals surface area contributed by atoms with Crippen molar-refractivity contribution in [3.8, 4) is 5.75 Å². The summed E-state index contributed by atoms with van der Waals surface area (Å²) in [6.07, 6.45) is -6.35. The van der Waals surface area contributed by atoms with Gasteiger partial charge in [-0.2, -0.15) is 25.5 Å². The van der Waals surface area contributed by atoms with Gasteiger partial charge in [-0.05, 0) is 12.1 Å². The molecule has 1 atom stereocenters. The van der Waals surface area contributed by atoms with Crippen molar-refractivity contribution in [1.82, 2.24) is 3.89 Å². The van der Waals surface area contributed by atoms with Gasteiger partial charge in [-0.15, -0.1) is 13.2 Å². The summed E-state index contributed by atoms with van der Waals surface area (Å²) in [5.41, 5.74) is 5.35.